The molecule has 0 atom stereocenters. The maximum atomic E-state index is 2.40. The molecular weight excluding hydrogens is 404 g/mol. The molecule has 27 heavy (non-hydrogen) atoms. The van der Waals surface area contributed by atoms with E-state index in [-0.39, 0.29) is 2.85 Å². The van der Waals surface area contributed by atoms with Gasteiger partial charge in [-0.25, -0.2) is 0 Å². The van der Waals surface area contributed by atoms with Crippen molar-refractivity contribution in [3.8, 4) is 22.3 Å². The predicted molar refractivity (Wildman–Crippen MR) is 111 cm³/mol. The van der Waals surface area contributed by atoms with Crippen molar-refractivity contribution in [1.82, 2.24) is 0 Å². The van der Waals surface area contributed by atoms with Crippen LogP contribution in [-0.2, 0) is 36.1 Å². The molecule has 0 spiro atoms. The van der Waals surface area contributed by atoms with Crippen molar-refractivity contribution in [3.05, 3.63) is 107 Å². The summed E-state index contributed by atoms with van der Waals surface area (Å²) in [6, 6.07) is 31.8. The number of hydrogen-bond donors (Lipinski definition) is 0. The Bertz CT molecular complexity index is 1120. The van der Waals surface area contributed by atoms with Crippen molar-refractivity contribution in [1.29, 1.82) is 0 Å². The van der Waals surface area contributed by atoms with Gasteiger partial charge in [0.2, 0.25) is 0 Å². The van der Waals surface area contributed by atoms with Gasteiger partial charge in [0.05, 0.1) is 0 Å². The molecule has 2 aliphatic rings. The van der Waals surface area contributed by atoms with E-state index in [1.54, 1.807) is 17.7 Å². The first-order valence-electron chi connectivity index (χ1n) is 9.56. The average molecular weight is 424 g/mol. The van der Waals surface area contributed by atoms with Crippen LogP contribution in [0.15, 0.2) is 84.9 Å². The topological polar surface area (TPSA) is 0 Å². The fraction of sp³-hybridized carbons (Fsp3) is 0.0769. The standard InChI is InChI=1S/2C13H9.Zr.2H/c2*1-3-7-12-10(5-1)9-11-6-2-4-8-13(11)12;;;/h2*1-5,7-8H,9H2;;;/q;;+2;2*-1. The summed E-state index contributed by atoms with van der Waals surface area (Å²) in [5, 5.41) is 0. The molecule has 4 aromatic carbocycles. The van der Waals surface area contributed by atoms with Gasteiger partial charge in [0.15, 0.2) is 0 Å². The van der Waals surface area contributed by atoms with E-state index >= 15 is 0 Å². The van der Waals surface area contributed by atoms with Crippen LogP contribution in [0.5, 0.6) is 0 Å². The summed E-state index contributed by atoms with van der Waals surface area (Å²) >= 11 is -0.849. The number of rotatable bonds is 2. The van der Waals surface area contributed by atoms with E-state index in [1.807, 2.05) is 0 Å². The molecule has 0 nitrogen and oxygen atoms in total. The molecule has 0 heterocycles. The minimum atomic E-state index is -0.849. The Labute approximate surface area is 174 Å². The molecule has 2 aliphatic carbocycles. The Morgan fingerprint density at radius 2 is 0.926 bits per heavy atom. The molecule has 0 fully saturated rings. The predicted octanol–water partition coefficient (Wildman–Crippen LogP) is 5.09. The van der Waals surface area contributed by atoms with Crippen molar-refractivity contribution in [2.24, 2.45) is 0 Å². The zero-order chi connectivity index (χ0) is 17.8. The van der Waals surface area contributed by atoms with Gasteiger partial charge >= 0.3 is 172 Å². The third-order valence-electron chi connectivity index (χ3n) is 5.97. The van der Waals surface area contributed by atoms with Crippen LogP contribution in [0.25, 0.3) is 22.3 Å². The Morgan fingerprint density at radius 3 is 1.44 bits per heavy atom. The molecule has 0 radical (unpaired) electrons. The van der Waals surface area contributed by atoms with Gasteiger partial charge in [-0.3, -0.25) is 0 Å². The van der Waals surface area contributed by atoms with Crippen molar-refractivity contribution in [2.45, 2.75) is 12.8 Å². The van der Waals surface area contributed by atoms with Gasteiger partial charge in [-0.15, -0.1) is 0 Å². The van der Waals surface area contributed by atoms with Crippen molar-refractivity contribution >= 4 is 6.54 Å². The van der Waals surface area contributed by atoms with Crippen molar-refractivity contribution in [3.63, 3.8) is 0 Å². The van der Waals surface area contributed by atoms with E-state index in [1.165, 1.54) is 33.4 Å². The summed E-state index contributed by atoms with van der Waals surface area (Å²) in [7, 11) is 0. The molecule has 6 rings (SSSR count). The van der Waals surface area contributed by atoms with Gasteiger partial charge in [-0.05, 0) is 0 Å². The summed E-state index contributed by atoms with van der Waals surface area (Å²) in [6.07, 6.45) is 2.22. The third kappa shape index (κ3) is 2.45. The van der Waals surface area contributed by atoms with Crippen molar-refractivity contribution < 1.29 is 26.1 Å². The van der Waals surface area contributed by atoms with Gasteiger partial charge in [0, 0.05) is 0 Å². The maximum absolute atomic E-state index is 2.40. The van der Waals surface area contributed by atoms with Crippen LogP contribution in [0, 0.1) is 0 Å². The van der Waals surface area contributed by atoms with Crippen LogP contribution >= 0.6 is 0 Å². The number of fused-ring (bicyclic) bond motifs is 6. The van der Waals surface area contributed by atoms with E-state index in [0.29, 0.717) is 0 Å². The zero-order valence-electron chi connectivity index (χ0n) is 17.0. The van der Waals surface area contributed by atoms with Crippen LogP contribution in [0.4, 0.5) is 0 Å². The molecule has 128 valence electrons. The molecular formula is C26H20Zr. The monoisotopic (exact) mass is 422 g/mol. The molecule has 0 saturated carbocycles. The van der Waals surface area contributed by atoms with E-state index < -0.39 is 23.2 Å². The van der Waals surface area contributed by atoms with Crippen LogP contribution in [-0.4, -0.2) is 0 Å². The summed E-state index contributed by atoms with van der Waals surface area (Å²) in [6.45, 7) is 0. The molecule has 0 aromatic heterocycles. The quantitative estimate of drug-likeness (QED) is 0.364. The van der Waals surface area contributed by atoms with Crippen LogP contribution in [0.2, 0.25) is 0 Å². The summed E-state index contributed by atoms with van der Waals surface area (Å²) in [5.74, 6) is 0. The van der Waals surface area contributed by atoms with Gasteiger partial charge in [-0.1, -0.05) is 0 Å². The molecule has 0 N–H and O–H groups in total. The Hall–Kier alpha value is -2.24. The molecule has 0 bridgehead atoms. The molecule has 1 heteroatoms. The van der Waals surface area contributed by atoms with Crippen LogP contribution in [0.1, 0.15) is 25.1 Å². The van der Waals surface area contributed by atoms with E-state index in [4.69, 9.17) is 0 Å². The second-order valence-corrected chi connectivity index (χ2v) is 10.7. The third-order valence-corrected chi connectivity index (χ3v) is 9.60. The van der Waals surface area contributed by atoms with Crippen LogP contribution < -0.4 is 6.54 Å². The Morgan fingerprint density at radius 1 is 0.481 bits per heavy atom. The average Bonchev–Trinajstić information content (AvgIpc) is 3.28. The van der Waals surface area contributed by atoms with Gasteiger partial charge in [-0.2, -0.15) is 0 Å². The van der Waals surface area contributed by atoms with Crippen molar-refractivity contribution in [2.75, 3.05) is 0 Å². The summed E-state index contributed by atoms with van der Waals surface area (Å²) in [5.41, 5.74) is 12.0. The molecule has 4 aromatic rings. The first-order chi connectivity index (χ1) is 13.4. The molecule has 0 aliphatic heterocycles. The van der Waals surface area contributed by atoms with Gasteiger partial charge in [0.25, 0.3) is 0 Å². The van der Waals surface area contributed by atoms with Crippen LogP contribution in [0.3, 0.4) is 0 Å². The van der Waals surface area contributed by atoms with Gasteiger partial charge < -0.3 is 2.85 Å². The fourth-order valence-electron chi connectivity index (χ4n) is 4.69. The molecule has 0 amide bonds. The molecule has 0 saturated heterocycles. The SMILES string of the molecule is [H-].[H-].c1ccc2c(c1)Cc1[c]([Zr+2][c]3cccc4c3Cc3ccccc3-4)cccc1-2. The first-order valence-corrected chi connectivity index (χ1v) is 12.0. The van der Waals surface area contributed by atoms with E-state index in [2.05, 4.69) is 84.9 Å². The zero-order valence-corrected chi connectivity index (χ0v) is 17.5. The summed E-state index contributed by atoms with van der Waals surface area (Å²) < 4.78 is 3.30. The number of benzene rings is 4. The number of hydrogen-bond acceptors (Lipinski definition) is 0. The first kappa shape index (κ1) is 15.8. The Balaban J connectivity index is 0.00000102. The molecule has 0 unspecified atom stereocenters. The van der Waals surface area contributed by atoms with E-state index in [0.717, 1.165) is 12.8 Å². The second kappa shape index (κ2) is 6.15. The second-order valence-electron chi connectivity index (χ2n) is 7.46. The van der Waals surface area contributed by atoms with Gasteiger partial charge in [0.1, 0.15) is 0 Å². The normalized spacial score (nSPS) is 12.7. The van der Waals surface area contributed by atoms with E-state index in [9.17, 15) is 0 Å². The Kier molecular flexibility index (Phi) is 3.59. The fourth-order valence-corrected chi connectivity index (χ4v) is 8.13. The summed E-state index contributed by atoms with van der Waals surface area (Å²) in [4.78, 5) is 0. The minimum absolute atomic E-state index is 0.